The Kier molecular flexibility index (Phi) is 3.56. The number of pyridine rings is 1. The Hall–Kier alpha value is -1.91. The van der Waals surface area contributed by atoms with E-state index in [1.807, 2.05) is 42.6 Å². The predicted octanol–water partition coefficient (Wildman–Crippen LogP) is 3.37. The normalized spacial score (nSPS) is 18.1. The summed E-state index contributed by atoms with van der Waals surface area (Å²) >= 11 is 6.17. The van der Waals surface area contributed by atoms with Crippen LogP contribution in [0.25, 0.3) is 16.9 Å². The molecule has 2 aromatic heterocycles. The minimum Gasteiger partial charge on any atom is -0.314 e. The quantitative estimate of drug-likeness (QED) is 0.806. The highest BCUT2D eigenvalue weighted by Crippen LogP contribution is 2.24. The molecule has 4 nitrogen and oxygen atoms in total. The van der Waals surface area contributed by atoms with Gasteiger partial charge in [-0.3, -0.25) is 4.57 Å². The molecule has 0 amide bonds. The van der Waals surface area contributed by atoms with Crippen molar-refractivity contribution >= 4 is 22.8 Å². The van der Waals surface area contributed by atoms with E-state index < -0.39 is 0 Å². The predicted molar refractivity (Wildman–Crippen MR) is 88.6 cm³/mol. The van der Waals surface area contributed by atoms with Gasteiger partial charge in [0.15, 0.2) is 5.65 Å². The lowest BCUT2D eigenvalue weighted by Crippen LogP contribution is -2.25. The molecule has 1 aliphatic rings. The molecule has 1 aliphatic heterocycles. The highest BCUT2D eigenvalue weighted by molar-refractivity contribution is 6.30. The van der Waals surface area contributed by atoms with E-state index in [0.29, 0.717) is 6.04 Å². The number of imidazole rings is 1. The molecule has 0 aliphatic carbocycles. The van der Waals surface area contributed by atoms with Crippen LogP contribution in [0.15, 0.2) is 42.6 Å². The molecule has 0 radical (unpaired) electrons. The van der Waals surface area contributed by atoms with Crippen LogP contribution in [0.1, 0.15) is 18.7 Å². The maximum atomic E-state index is 6.17. The van der Waals surface area contributed by atoms with Crippen LogP contribution in [0, 0.1) is 0 Å². The summed E-state index contributed by atoms with van der Waals surface area (Å²) in [6.07, 6.45) is 5.15. The number of benzene rings is 1. The lowest BCUT2D eigenvalue weighted by atomic mass is 10.1. The number of fused-ring (bicyclic) bond motifs is 1. The molecule has 5 heteroatoms. The van der Waals surface area contributed by atoms with Crippen molar-refractivity contribution in [2.75, 3.05) is 6.54 Å². The third-order valence-electron chi connectivity index (χ3n) is 4.14. The average molecular weight is 313 g/mol. The first-order chi connectivity index (χ1) is 10.8. The monoisotopic (exact) mass is 312 g/mol. The summed E-state index contributed by atoms with van der Waals surface area (Å²) < 4.78 is 2.13. The zero-order valence-corrected chi connectivity index (χ0v) is 12.9. The van der Waals surface area contributed by atoms with Crippen molar-refractivity contribution in [2.45, 2.75) is 25.3 Å². The van der Waals surface area contributed by atoms with E-state index in [0.717, 1.165) is 40.7 Å². The van der Waals surface area contributed by atoms with Gasteiger partial charge in [-0.2, -0.15) is 0 Å². The molecule has 3 aromatic rings. The zero-order chi connectivity index (χ0) is 14.9. The third kappa shape index (κ3) is 2.49. The van der Waals surface area contributed by atoms with Gasteiger partial charge in [0.05, 0.1) is 5.69 Å². The van der Waals surface area contributed by atoms with Crippen molar-refractivity contribution in [1.29, 1.82) is 0 Å². The second-order valence-electron chi connectivity index (χ2n) is 5.69. The Morgan fingerprint density at radius 2 is 2.23 bits per heavy atom. The highest BCUT2D eigenvalue weighted by Gasteiger charge is 2.20. The molecule has 1 aromatic carbocycles. The van der Waals surface area contributed by atoms with Crippen LogP contribution in [0.5, 0.6) is 0 Å². The molecule has 22 heavy (non-hydrogen) atoms. The third-order valence-corrected chi connectivity index (χ3v) is 4.38. The van der Waals surface area contributed by atoms with E-state index in [-0.39, 0.29) is 0 Å². The fourth-order valence-corrected chi connectivity index (χ4v) is 3.32. The fourth-order valence-electron chi connectivity index (χ4n) is 3.13. The zero-order valence-electron chi connectivity index (χ0n) is 12.2. The van der Waals surface area contributed by atoms with Crippen LogP contribution in [0.4, 0.5) is 0 Å². The largest absolute Gasteiger partial charge is 0.314 e. The van der Waals surface area contributed by atoms with Gasteiger partial charge < -0.3 is 5.32 Å². The Morgan fingerprint density at radius 1 is 1.27 bits per heavy atom. The highest BCUT2D eigenvalue weighted by atomic mass is 35.5. The minimum absolute atomic E-state index is 0.495. The minimum atomic E-state index is 0.495. The Bertz CT molecular complexity index is 805. The summed E-state index contributed by atoms with van der Waals surface area (Å²) in [5, 5.41) is 4.26. The summed E-state index contributed by atoms with van der Waals surface area (Å²) in [6.45, 7) is 1.10. The van der Waals surface area contributed by atoms with E-state index in [2.05, 4.69) is 14.9 Å². The number of nitrogens with one attached hydrogen (secondary N) is 1. The van der Waals surface area contributed by atoms with Gasteiger partial charge in [-0.25, -0.2) is 9.97 Å². The molecular weight excluding hydrogens is 296 g/mol. The lowest BCUT2D eigenvalue weighted by Gasteiger charge is -2.12. The van der Waals surface area contributed by atoms with E-state index in [1.54, 1.807) is 0 Å². The molecule has 112 valence electrons. The van der Waals surface area contributed by atoms with Crippen LogP contribution in [-0.4, -0.2) is 27.1 Å². The lowest BCUT2D eigenvalue weighted by molar-refractivity contribution is 0.582. The number of halogens is 1. The molecule has 0 bridgehead atoms. The summed E-state index contributed by atoms with van der Waals surface area (Å²) in [4.78, 5) is 9.32. The van der Waals surface area contributed by atoms with E-state index in [1.165, 1.54) is 12.8 Å². The first kappa shape index (κ1) is 13.7. The van der Waals surface area contributed by atoms with Gasteiger partial charge in [-0.05, 0) is 49.7 Å². The molecule has 1 N–H and O–H groups in total. The number of hydrogen-bond donors (Lipinski definition) is 1. The molecule has 3 heterocycles. The Labute approximate surface area is 134 Å². The molecule has 1 atom stereocenters. The molecule has 0 spiro atoms. The molecule has 1 saturated heterocycles. The summed E-state index contributed by atoms with van der Waals surface area (Å²) in [7, 11) is 0. The van der Waals surface area contributed by atoms with Crippen LogP contribution >= 0.6 is 11.6 Å². The molecule has 4 rings (SSSR count). The topological polar surface area (TPSA) is 42.7 Å². The Morgan fingerprint density at radius 3 is 3.05 bits per heavy atom. The summed E-state index contributed by atoms with van der Waals surface area (Å²) in [5.74, 6) is 1.04. The number of aromatic nitrogens is 3. The van der Waals surface area contributed by atoms with Crippen molar-refractivity contribution < 1.29 is 0 Å². The van der Waals surface area contributed by atoms with Crippen LogP contribution in [0.3, 0.4) is 0 Å². The van der Waals surface area contributed by atoms with Gasteiger partial charge in [-0.15, -0.1) is 0 Å². The fraction of sp³-hybridized carbons (Fsp3) is 0.294. The van der Waals surface area contributed by atoms with Crippen molar-refractivity contribution in [2.24, 2.45) is 0 Å². The van der Waals surface area contributed by atoms with Gasteiger partial charge in [0.1, 0.15) is 11.3 Å². The second-order valence-corrected chi connectivity index (χ2v) is 6.12. The van der Waals surface area contributed by atoms with Crippen molar-refractivity contribution in [3.8, 4) is 5.69 Å². The van der Waals surface area contributed by atoms with Gasteiger partial charge in [0.2, 0.25) is 0 Å². The number of rotatable bonds is 3. The van der Waals surface area contributed by atoms with Crippen LogP contribution in [-0.2, 0) is 6.42 Å². The number of nitrogens with zero attached hydrogens (tertiary/aromatic N) is 3. The van der Waals surface area contributed by atoms with Gasteiger partial charge in [-0.1, -0.05) is 17.7 Å². The van der Waals surface area contributed by atoms with E-state index in [4.69, 9.17) is 16.6 Å². The SMILES string of the molecule is Clc1cccc(-n2c(CC3CCCN3)nc3cccnc32)c1. The van der Waals surface area contributed by atoms with E-state index in [9.17, 15) is 0 Å². The Balaban J connectivity index is 1.85. The van der Waals surface area contributed by atoms with Gasteiger partial charge >= 0.3 is 0 Å². The standard InChI is InChI=1S/C17H17ClN4/c18-12-4-1-6-14(10-12)22-16(11-13-5-2-8-19-13)21-15-7-3-9-20-17(15)22/h1,3-4,6-7,9-10,13,19H,2,5,8,11H2. The van der Waals surface area contributed by atoms with Crippen molar-refractivity contribution in [3.63, 3.8) is 0 Å². The van der Waals surface area contributed by atoms with Crippen LogP contribution in [0.2, 0.25) is 5.02 Å². The van der Waals surface area contributed by atoms with Crippen molar-refractivity contribution in [1.82, 2.24) is 19.9 Å². The average Bonchev–Trinajstić information content (AvgIpc) is 3.14. The smallest absolute Gasteiger partial charge is 0.164 e. The molecule has 1 unspecified atom stereocenters. The molecular formula is C17H17ClN4. The van der Waals surface area contributed by atoms with Gasteiger partial charge in [0.25, 0.3) is 0 Å². The summed E-state index contributed by atoms with van der Waals surface area (Å²) in [6, 6.07) is 12.3. The maximum Gasteiger partial charge on any atom is 0.164 e. The second kappa shape index (κ2) is 5.71. The maximum absolute atomic E-state index is 6.17. The van der Waals surface area contributed by atoms with Crippen molar-refractivity contribution in [3.05, 3.63) is 53.4 Å². The van der Waals surface area contributed by atoms with Crippen LogP contribution < -0.4 is 5.32 Å². The first-order valence-corrected chi connectivity index (χ1v) is 8.01. The first-order valence-electron chi connectivity index (χ1n) is 7.63. The van der Waals surface area contributed by atoms with Gasteiger partial charge in [0, 0.05) is 23.7 Å². The number of hydrogen-bond acceptors (Lipinski definition) is 3. The van der Waals surface area contributed by atoms with E-state index >= 15 is 0 Å². The molecule has 0 saturated carbocycles. The molecule has 1 fully saturated rings. The summed E-state index contributed by atoms with van der Waals surface area (Å²) in [5.41, 5.74) is 2.83.